The van der Waals surface area contributed by atoms with E-state index in [0.29, 0.717) is 34.2 Å². The molecule has 0 radical (unpaired) electrons. The Kier molecular flexibility index (Phi) is 3.85. The van der Waals surface area contributed by atoms with Gasteiger partial charge in [0.15, 0.2) is 11.5 Å². The van der Waals surface area contributed by atoms with Crippen LogP contribution >= 0.6 is 0 Å². The van der Waals surface area contributed by atoms with Crippen LogP contribution < -0.4 is 25.0 Å². The third-order valence-electron chi connectivity index (χ3n) is 5.06. The number of methoxy groups -OCH3 is 1. The minimum absolute atomic E-state index is 0.120. The van der Waals surface area contributed by atoms with Gasteiger partial charge in [0.1, 0.15) is 12.4 Å². The van der Waals surface area contributed by atoms with Crippen molar-refractivity contribution in [1.29, 1.82) is 0 Å². The summed E-state index contributed by atoms with van der Waals surface area (Å²) in [5, 5.41) is 15.2. The predicted molar refractivity (Wildman–Crippen MR) is 97.0 cm³/mol. The van der Waals surface area contributed by atoms with Crippen molar-refractivity contribution < 1.29 is 24.1 Å². The van der Waals surface area contributed by atoms with Gasteiger partial charge in [0, 0.05) is 17.8 Å². The third kappa shape index (κ3) is 2.48. The number of aliphatic hydroxyl groups is 1. The Labute approximate surface area is 160 Å². The SMILES string of the molecule is COc1c(C2=CC(=O)N3NC(O)C(c4ccccn4)C3N2)ccc2c1OCO2. The molecule has 3 atom stereocenters. The van der Waals surface area contributed by atoms with Gasteiger partial charge in [0.2, 0.25) is 12.5 Å². The van der Waals surface area contributed by atoms with E-state index in [1.54, 1.807) is 18.3 Å². The minimum Gasteiger partial charge on any atom is -0.492 e. The smallest absolute Gasteiger partial charge is 0.264 e. The van der Waals surface area contributed by atoms with Crippen LogP contribution in [0.2, 0.25) is 0 Å². The summed E-state index contributed by atoms with van der Waals surface area (Å²) in [5.74, 6) is 0.846. The van der Waals surface area contributed by atoms with Gasteiger partial charge in [-0.05, 0) is 24.3 Å². The van der Waals surface area contributed by atoms with Crippen LogP contribution in [0.15, 0.2) is 42.6 Å². The van der Waals surface area contributed by atoms with E-state index in [1.807, 2.05) is 18.2 Å². The molecule has 9 nitrogen and oxygen atoms in total. The summed E-state index contributed by atoms with van der Waals surface area (Å²) >= 11 is 0. The zero-order valence-corrected chi connectivity index (χ0v) is 15.0. The lowest BCUT2D eigenvalue weighted by Crippen LogP contribution is -2.52. The standard InChI is InChI=1S/C19H18N4O5/c1-26-16-10(5-6-13-17(16)28-9-27-13)12-8-14(24)23-18(21-12)15(19(25)22-23)11-4-2-3-7-20-11/h2-8,15,18-19,21-22,25H,9H2,1H3. The van der Waals surface area contributed by atoms with Crippen LogP contribution in [0, 0.1) is 0 Å². The molecule has 2 aromatic rings. The first kappa shape index (κ1) is 16.8. The van der Waals surface area contributed by atoms with Crippen LogP contribution in [0.25, 0.3) is 5.70 Å². The van der Waals surface area contributed by atoms with E-state index < -0.39 is 18.3 Å². The van der Waals surface area contributed by atoms with Crippen LogP contribution in [0.4, 0.5) is 0 Å². The van der Waals surface area contributed by atoms with Gasteiger partial charge in [-0.1, -0.05) is 6.07 Å². The van der Waals surface area contributed by atoms with Gasteiger partial charge in [0.25, 0.3) is 5.91 Å². The molecule has 0 spiro atoms. The Morgan fingerprint density at radius 3 is 2.96 bits per heavy atom. The van der Waals surface area contributed by atoms with Gasteiger partial charge in [-0.15, -0.1) is 0 Å². The highest BCUT2D eigenvalue weighted by Gasteiger charge is 2.47. The van der Waals surface area contributed by atoms with Gasteiger partial charge in [-0.3, -0.25) is 9.78 Å². The number of carbonyl (C=O) groups is 1. The fourth-order valence-corrected chi connectivity index (χ4v) is 3.80. The normalized spacial score (nSPS) is 25.2. The molecule has 9 heteroatoms. The molecule has 1 aromatic heterocycles. The van der Waals surface area contributed by atoms with E-state index in [1.165, 1.54) is 18.2 Å². The molecule has 1 fully saturated rings. The predicted octanol–water partition coefficient (Wildman–Crippen LogP) is 0.538. The molecule has 28 heavy (non-hydrogen) atoms. The number of amides is 1. The number of nitrogens with one attached hydrogen (secondary N) is 2. The number of fused-ring (bicyclic) bond motifs is 2. The lowest BCUT2D eigenvalue weighted by molar-refractivity contribution is -0.131. The molecule has 3 N–H and O–H groups in total. The average Bonchev–Trinajstić information content (AvgIpc) is 3.31. The number of hydrogen-bond acceptors (Lipinski definition) is 8. The largest absolute Gasteiger partial charge is 0.492 e. The molecule has 1 aromatic carbocycles. The fraction of sp³-hybridized carbons (Fsp3) is 0.263. The maximum atomic E-state index is 12.7. The Hall–Kier alpha value is -3.30. The first-order valence-electron chi connectivity index (χ1n) is 8.81. The van der Waals surface area contributed by atoms with Crippen LogP contribution in [0.3, 0.4) is 0 Å². The number of aromatic nitrogens is 1. The minimum atomic E-state index is -0.956. The number of nitrogens with zero attached hydrogens (tertiary/aromatic N) is 2. The van der Waals surface area contributed by atoms with E-state index in [9.17, 15) is 9.90 Å². The van der Waals surface area contributed by atoms with E-state index in [4.69, 9.17) is 14.2 Å². The average molecular weight is 382 g/mol. The molecule has 3 aliphatic rings. The van der Waals surface area contributed by atoms with Crippen molar-refractivity contribution >= 4 is 11.6 Å². The molecule has 1 saturated heterocycles. The van der Waals surface area contributed by atoms with Crippen molar-refractivity contribution in [3.05, 3.63) is 53.9 Å². The maximum absolute atomic E-state index is 12.7. The second-order valence-corrected chi connectivity index (χ2v) is 6.59. The molecule has 0 aliphatic carbocycles. The van der Waals surface area contributed by atoms with Gasteiger partial charge in [-0.25, -0.2) is 10.4 Å². The monoisotopic (exact) mass is 382 g/mol. The zero-order valence-electron chi connectivity index (χ0n) is 15.0. The Balaban J connectivity index is 1.54. The number of rotatable bonds is 3. The molecule has 0 bridgehead atoms. The summed E-state index contributed by atoms with van der Waals surface area (Å²) in [7, 11) is 1.54. The van der Waals surface area contributed by atoms with Gasteiger partial charge in [-0.2, -0.15) is 0 Å². The molecule has 4 heterocycles. The number of carbonyl (C=O) groups excluding carboxylic acids is 1. The highest BCUT2D eigenvalue weighted by molar-refractivity contribution is 5.98. The lowest BCUT2D eigenvalue weighted by Gasteiger charge is -2.32. The maximum Gasteiger partial charge on any atom is 0.264 e. The summed E-state index contributed by atoms with van der Waals surface area (Å²) < 4.78 is 16.4. The molecule has 1 amide bonds. The van der Waals surface area contributed by atoms with E-state index in [-0.39, 0.29) is 12.7 Å². The van der Waals surface area contributed by atoms with Crippen LogP contribution in [0.5, 0.6) is 17.2 Å². The van der Waals surface area contributed by atoms with Crippen molar-refractivity contribution in [1.82, 2.24) is 20.7 Å². The first-order valence-corrected chi connectivity index (χ1v) is 8.81. The lowest BCUT2D eigenvalue weighted by atomic mass is 9.98. The Morgan fingerprint density at radius 2 is 2.18 bits per heavy atom. The number of hydrogen-bond donors (Lipinski definition) is 3. The highest BCUT2D eigenvalue weighted by Crippen LogP contribution is 2.45. The van der Waals surface area contributed by atoms with Crippen molar-refractivity contribution in [2.45, 2.75) is 18.3 Å². The molecule has 144 valence electrons. The highest BCUT2D eigenvalue weighted by atomic mass is 16.7. The number of ether oxygens (including phenoxy) is 3. The van der Waals surface area contributed by atoms with E-state index in [0.717, 1.165) is 0 Å². The van der Waals surface area contributed by atoms with Crippen LogP contribution in [0.1, 0.15) is 17.2 Å². The van der Waals surface area contributed by atoms with Gasteiger partial charge < -0.3 is 24.6 Å². The van der Waals surface area contributed by atoms with Crippen molar-refractivity contribution in [2.24, 2.45) is 0 Å². The summed E-state index contributed by atoms with van der Waals surface area (Å²) in [6.07, 6.45) is 1.64. The number of hydrazine groups is 1. The van der Waals surface area contributed by atoms with Crippen LogP contribution in [-0.4, -0.2) is 47.3 Å². The summed E-state index contributed by atoms with van der Waals surface area (Å²) in [6, 6.07) is 9.06. The van der Waals surface area contributed by atoms with E-state index in [2.05, 4.69) is 15.7 Å². The zero-order chi connectivity index (χ0) is 19.3. The summed E-state index contributed by atoms with van der Waals surface area (Å²) in [6.45, 7) is 0.120. The quantitative estimate of drug-likeness (QED) is 0.707. The Morgan fingerprint density at radius 1 is 1.29 bits per heavy atom. The summed E-state index contributed by atoms with van der Waals surface area (Å²) in [4.78, 5) is 17.1. The molecule has 3 unspecified atom stereocenters. The van der Waals surface area contributed by atoms with Crippen molar-refractivity contribution in [2.75, 3.05) is 13.9 Å². The molecule has 3 aliphatic heterocycles. The van der Waals surface area contributed by atoms with Crippen LogP contribution in [-0.2, 0) is 4.79 Å². The fourth-order valence-electron chi connectivity index (χ4n) is 3.80. The number of aliphatic hydroxyl groups excluding tert-OH is 1. The Bertz CT molecular complexity index is 964. The first-order chi connectivity index (χ1) is 13.7. The summed E-state index contributed by atoms with van der Waals surface area (Å²) in [5.41, 5.74) is 4.72. The van der Waals surface area contributed by atoms with Crippen molar-refractivity contribution in [3.8, 4) is 17.2 Å². The molecular weight excluding hydrogens is 364 g/mol. The molecule has 0 saturated carbocycles. The third-order valence-corrected chi connectivity index (χ3v) is 5.06. The molecule has 5 rings (SSSR count). The van der Waals surface area contributed by atoms with Crippen molar-refractivity contribution in [3.63, 3.8) is 0 Å². The number of pyridine rings is 1. The van der Waals surface area contributed by atoms with Gasteiger partial charge in [0.05, 0.1) is 24.4 Å². The second-order valence-electron chi connectivity index (χ2n) is 6.59. The molecular formula is C19H18N4O5. The number of benzene rings is 1. The topological polar surface area (TPSA) is 105 Å². The van der Waals surface area contributed by atoms with E-state index >= 15 is 0 Å². The second kappa shape index (κ2) is 6.39. The van der Waals surface area contributed by atoms with Gasteiger partial charge >= 0.3 is 0 Å².